The van der Waals surface area contributed by atoms with E-state index >= 15 is 0 Å². The molecule has 0 aromatic carbocycles. The molecule has 106 valence electrons. The maximum atomic E-state index is 6.74. The van der Waals surface area contributed by atoms with Crippen LogP contribution < -0.4 is 5.73 Å². The number of hydrogen-bond donors (Lipinski definition) is 1. The van der Waals surface area contributed by atoms with Gasteiger partial charge >= 0.3 is 0 Å². The van der Waals surface area contributed by atoms with Gasteiger partial charge in [0.05, 0.1) is 5.60 Å². The molecule has 3 heteroatoms. The van der Waals surface area contributed by atoms with Gasteiger partial charge in [0, 0.05) is 12.1 Å². The molecule has 2 fully saturated rings. The molecule has 2 rings (SSSR count). The third kappa shape index (κ3) is 2.73. The Balaban J connectivity index is 2.10. The summed E-state index contributed by atoms with van der Waals surface area (Å²) in [6.45, 7) is 7.73. The fourth-order valence-corrected chi connectivity index (χ4v) is 4.98. The maximum absolute atomic E-state index is 6.74. The van der Waals surface area contributed by atoms with E-state index in [4.69, 9.17) is 10.5 Å². The summed E-state index contributed by atoms with van der Waals surface area (Å²) in [7, 11) is 0. The highest BCUT2D eigenvalue weighted by molar-refractivity contribution is 7.99. The molecule has 18 heavy (non-hydrogen) atoms. The van der Waals surface area contributed by atoms with Crippen LogP contribution in [-0.2, 0) is 4.74 Å². The second-order valence-corrected chi connectivity index (χ2v) is 7.68. The van der Waals surface area contributed by atoms with Crippen molar-refractivity contribution >= 4 is 11.8 Å². The predicted octanol–water partition coefficient (Wildman–Crippen LogP) is 3.44. The van der Waals surface area contributed by atoms with Crippen molar-refractivity contribution < 1.29 is 4.74 Å². The minimum absolute atomic E-state index is 0.00136. The van der Waals surface area contributed by atoms with E-state index in [1.165, 1.54) is 30.8 Å². The molecular weight excluding hydrogens is 242 g/mol. The standard InChI is InChI=1S/C15H29NOS/c1-4-15(16,12(2)3)13-5-8-17-14(11-13)6-9-18-10-7-14/h12-13H,4-11,16H2,1-3H3. The van der Waals surface area contributed by atoms with Crippen molar-refractivity contribution in [3.8, 4) is 0 Å². The Kier molecular flexibility index (Phi) is 4.66. The molecule has 2 aliphatic rings. The smallest absolute Gasteiger partial charge is 0.0701 e. The van der Waals surface area contributed by atoms with Gasteiger partial charge in [-0.25, -0.2) is 0 Å². The van der Waals surface area contributed by atoms with Gasteiger partial charge in [-0.05, 0) is 55.4 Å². The summed E-state index contributed by atoms with van der Waals surface area (Å²) in [5.74, 6) is 3.72. The second kappa shape index (κ2) is 5.72. The lowest BCUT2D eigenvalue weighted by Gasteiger charge is -2.50. The van der Waals surface area contributed by atoms with E-state index in [-0.39, 0.29) is 11.1 Å². The largest absolute Gasteiger partial charge is 0.375 e. The zero-order chi connectivity index (χ0) is 13.2. The first-order chi connectivity index (χ1) is 8.52. The minimum atomic E-state index is 0.00136. The van der Waals surface area contributed by atoms with Crippen LogP contribution in [0.3, 0.4) is 0 Å². The van der Waals surface area contributed by atoms with Crippen molar-refractivity contribution in [2.75, 3.05) is 18.1 Å². The number of thioether (sulfide) groups is 1. The van der Waals surface area contributed by atoms with Crippen molar-refractivity contribution in [3.05, 3.63) is 0 Å². The summed E-state index contributed by atoms with van der Waals surface area (Å²) in [6, 6.07) is 0. The van der Waals surface area contributed by atoms with E-state index in [1.54, 1.807) is 0 Å². The maximum Gasteiger partial charge on any atom is 0.0701 e. The van der Waals surface area contributed by atoms with Crippen LogP contribution in [0, 0.1) is 11.8 Å². The van der Waals surface area contributed by atoms with Gasteiger partial charge in [-0.15, -0.1) is 0 Å². The van der Waals surface area contributed by atoms with E-state index in [9.17, 15) is 0 Å². The monoisotopic (exact) mass is 271 g/mol. The van der Waals surface area contributed by atoms with Crippen molar-refractivity contribution in [3.63, 3.8) is 0 Å². The summed E-state index contributed by atoms with van der Waals surface area (Å²) >= 11 is 2.07. The molecule has 2 unspecified atom stereocenters. The zero-order valence-electron chi connectivity index (χ0n) is 12.2. The molecule has 0 radical (unpaired) electrons. The van der Waals surface area contributed by atoms with Crippen LogP contribution in [0.2, 0.25) is 0 Å². The van der Waals surface area contributed by atoms with Crippen molar-refractivity contribution in [2.45, 2.75) is 64.0 Å². The predicted molar refractivity (Wildman–Crippen MR) is 80.0 cm³/mol. The molecule has 2 N–H and O–H groups in total. The lowest BCUT2D eigenvalue weighted by Crippen LogP contribution is -2.56. The molecule has 0 aromatic heterocycles. The van der Waals surface area contributed by atoms with Gasteiger partial charge in [0.1, 0.15) is 0 Å². The summed E-state index contributed by atoms with van der Waals surface area (Å²) in [6.07, 6.45) is 5.88. The van der Waals surface area contributed by atoms with Crippen molar-refractivity contribution in [1.82, 2.24) is 0 Å². The van der Waals surface area contributed by atoms with Crippen LogP contribution in [-0.4, -0.2) is 29.3 Å². The van der Waals surface area contributed by atoms with Gasteiger partial charge in [-0.1, -0.05) is 20.8 Å². The van der Waals surface area contributed by atoms with E-state index in [2.05, 4.69) is 32.5 Å². The molecule has 1 spiro atoms. The summed E-state index contributed by atoms with van der Waals surface area (Å²) in [4.78, 5) is 0. The molecule has 0 bridgehead atoms. The number of nitrogens with two attached hydrogens (primary N) is 1. The normalized spacial score (nSPS) is 31.5. The molecule has 2 aliphatic heterocycles. The van der Waals surface area contributed by atoms with E-state index in [0.717, 1.165) is 19.4 Å². The fraction of sp³-hybridized carbons (Fsp3) is 1.00. The molecule has 0 aromatic rings. The first-order valence-corrected chi connectivity index (χ1v) is 8.68. The molecule has 2 atom stereocenters. The SMILES string of the molecule is CCC(N)(C(C)C)C1CCOC2(CCSCC2)C1. The van der Waals surface area contributed by atoms with Crippen LogP contribution in [0.25, 0.3) is 0 Å². The number of rotatable bonds is 3. The highest BCUT2D eigenvalue weighted by Crippen LogP contribution is 2.44. The van der Waals surface area contributed by atoms with Crippen LogP contribution in [0.5, 0.6) is 0 Å². The van der Waals surface area contributed by atoms with Gasteiger partial charge in [-0.3, -0.25) is 0 Å². The highest BCUT2D eigenvalue weighted by Gasteiger charge is 2.45. The molecule has 2 saturated heterocycles. The van der Waals surface area contributed by atoms with Gasteiger partial charge in [0.15, 0.2) is 0 Å². The Labute approximate surface area is 116 Å². The molecule has 0 saturated carbocycles. The molecular formula is C15H29NOS. The van der Waals surface area contributed by atoms with Gasteiger partial charge in [0.25, 0.3) is 0 Å². The Bertz CT molecular complexity index is 270. The van der Waals surface area contributed by atoms with Crippen molar-refractivity contribution in [1.29, 1.82) is 0 Å². The summed E-state index contributed by atoms with van der Waals surface area (Å²) < 4.78 is 6.19. The molecule has 0 aliphatic carbocycles. The quantitative estimate of drug-likeness (QED) is 0.854. The number of hydrogen-bond acceptors (Lipinski definition) is 3. The van der Waals surface area contributed by atoms with Gasteiger partial charge < -0.3 is 10.5 Å². The van der Waals surface area contributed by atoms with Crippen molar-refractivity contribution in [2.24, 2.45) is 17.6 Å². The second-order valence-electron chi connectivity index (χ2n) is 6.45. The van der Waals surface area contributed by atoms with Crippen LogP contribution in [0.1, 0.15) is 52.9 Å². The van der Waals surface area contributed by atoms with Crippen LogP contribution in [0.4, 0.5) is 0 Å². The molecule has 0 amide bonds. The third-order valence-corrected chi connectivity index (χ3v) is 6.33. The Morgan fingerprint density at radius 1 is 1.39 bits per heavy atom. The lowest BCUT2D eigenvalue weighted by atomic mass is 9.67. The first-order valence-electron chi connectivity index (χ1n) is 7.53. The Morgan fingerprint density at radius 3 is 2.61 bits per heavy atom. The summed E-state index contributed by atoms with van der Waals surface area (Å²) in [5.41, 5.74) is 6.91. The average molecular weight is 271 g/mol. The molecule has 2 nitrogen and oxygen atoms in total. The highest BCUT2D eigenvalue weighted by atomic mass is 32.2. The van der Waals surface area contributed by atoms with Gasteiger partial charge in [-0.2, -0.15) is 11.8 Å². The van der Waals surface area contributed by atoms with E-state index < -0.39 is 0 Å². The number of ether oxygens (including phenoxy) is 1. The minimum Gasteiger partial charge on any atom is -0.375 e. The lowest BCUT2D eigenvalue weighted by molar-refractivity contribution is -0.117. The fourth-order valence-electron chi connectivity index (χ4n) is 3.75. The summed E-state index contributed by atoms with van der Waals surface area (Å²) in [5, 5.41) is 0. The Morgan fingerprint density at radius 2 is 2.06 bits per heavy atom. The molecule has 2 heterocycles. The average Bonchev–Trinajstić information content (AvgIpc) is 2.38. The third-order valence-electron chi connectivity index (χ3n) is 5.34. The zero-order valence-corrected chi connectivity index (χ0v) is 13.0. The van der Waals surface area contributed by atoms with Crippen LogP contribution >= 0.6 is 11.8 Å². The van der Waals surface area contributed by atoms with E-state index in [1.807, 2.05) is 0 Å². The van der Waals surface area contributed by atoms with E-state index in [0.29, 0.717) is 11.8 Å². The topological polar surface area (TPSA) is 35.2 Å². The first kappa shape index (κ1) is 14.7. The van der Waals surface area contributed by atoms with Gasteiger partial charge in [0.2, 0.25) is 0 Å². The van der Waals surface area contributed by atoms with Crippen LogP contribution in [0.15, 0.2) is 0 Å². The Hall–Kier alpha value is 0.270.